The van der Waals surface area contributed by atoms with Gasteiger partial charge < -0.3 is 31.1 Å². The summed E-state index contributed by atoms with van der Waals surface area (Å²) in [5.74, 6) is 0.793. The van der Waals surface area contributed by atoms with E-state index in [0.29, 0.717) is 29.2 Å². The maximum absolute atomic E-state index is 13.2. The number of halogens is 1. The summed E-state index contributed by atoms with van der Waals surface area (Å²) in [5.41, 5.74) is 2.34. The lowest BCUT2D eigenvalue weighted by molar-refractivity contribution is -0.890. The average Bonchev–Trinajstić information content (AvgIpc) is 3.02. The van der Waals surface area contributed by atoms with Crippen LogP contribution in [-0.4, -0.2) is 73.1 Å². The standard InChI is InChI=1S/C36H46N3O4S.BrH/c1-38(2)34-19-12-18-33-32(34)17-13-20-35(33)44(41,42)37-25-14-27-39(3,4)26-10-5-6-11-28-43-31-23-21-30(22-24-31)36(40)29-15-8-7-9-16-29;/h7-9,12-13,15-24,37H,5-6,10-11,14,25-28H2,1-4H3;1H/q+1;/p-1. The number of nitrogens with zero attached hydrogens (tertiary/aromatic N) is 2. The zero-order chi connectivity index (χ0) is 31.6. The molecule has 0 radical (unpaired) electrons. The number of unbranched alkanes of at least 4 members (excludes halogenated alkanes) is 3. The molecule has 0 atom stereocenters. The summed E-state index contributed by atoms with van der Waals surface area (Å²) in [5, 5.41) is 1.66. The van der Waals surface area contributed by atoms with E-state index < -0.39 is 10.0 Å². The van der Waals surface area contributed by atoms with Crippen LogP contribution in [0.5, 0.6) is 5.75 Å². The molecule has 9 heteroatoms. The second-order valence-corrected chi connectivity index (χ2v) is 13.9. The van der Waals surface area contributed by atoms with Gasteiger partial charge in [-0.05, 0) is 62.1 Å². The molecule has 0 bridgehead atoms. The number of carbonyl (C=O) groups excluding carboxylic acids is 1. The van der Waals surface area contributed by atoms with Crippen LogP contribution in [0.3, 0.4) is 0 Å². The molecule has 45 heavy (non-hydrogen) atoms. The molecule has 0 saturated heterocycles. The van der Waals surface area contributed by atoms with Crippen LogP contribution in [0.15, 0.2) is 95.9 Å². The van der Waals surface area contributed by atoms with Gasteiger partial charge in [0.2, 0.25) is 10.0 Å². The van der Waals surface area contributed by atoms with Crippen molar-refractivity contribution in [1.82, 2.24) is 4.72 Å². The van der Waals surface area contributed by atoms with Crippen LogP contribution in [-0.2, 0) is 10.0 Å². The Balaban J connectivity index is 0.00000552. The van der Waals surface area contributed by atoms with E-state index in [1.807, 2.05) is 104 Å². The number of carbonyl (C=O) groups is 1. The number of quaternary nitrogens is 1. The summed E-state index contributed by atoms with van der Waals surface area (Å²) in [6, 6.07) is 27.9. The van der Waals surface area contributed by atoms with E-state index in [-0.39, 0.29) is 22.8 Å². The predicted molar refractivity (Wildman–Crippen MR) is 180 cm³/mol. The van der Waals surface area contributed by atoms with Gasteiger partial charge in [0.15, 0.2) is 5.78 Å². The molecule has 0 aromatic heterocycles. The number of ether oxygens (including phenoxy) is 1. The Kier molecular flexibility index (Phi) is 13.6. The minimum Gasteiger partial charge on any atom is -1.00 e. The quantitative estimate of drug-likeness (QED) is 0.104. The maximum Gasteiger partial charge on any atom is 0.241 e. The van der Waals surface area contributed by atoms with E-state index in [0.717, 1.165) is 71.9 Å². The van der Waals surface area contributed by atoms with Gasteiger partial charge in [-0.25, -0.2) is 13.1 Å². The highest BCUT2D eigenvalue weighted by molar-refractivity contribution is 7.89. The molecule has 0 heterocycles. The maximum atomic E-state index is 13.2. The number of ketones is 1. The SMILES string of the molecule is CN(C)c1cccc2c(S(=O)(=O)NCCC[N+](C)(C)CCCCCCOc3ccc(C(=O)c4ccccc4)cc3)cccc12.[Br-]. The van der Waals surface area contributed by atoms with Crippen LogP contribution in [0.4, 0.5) is 5.69 Å². The zero-order valence-electron chi connectivity index (χ0n) is 26.8. The molecule has 0 spiro atoms. The van der Waals surface area contributed by atoms with Gasteiger partial charge in [0.05, 0.1) is 38.7 Å². The van der Waals surface area contributed by atoms with Crippen molar-refractivity contribution in [1.29, 1.82) is 0 Å². The molecule has 0 aliphatic rings. The second-order valence-electron chi connectivity index (χ2n) is 12.1. The third kappa shape index (κ3) is 10.4. The number of rotatable bonds is 17. The summed E-state index contributed by atoms with van der Waals surface area (Å²) in [7, 11) is 4.72. The van der Waals surface area contributed by atoms with Crippen molar-refractivity contribution in [2.45, 2.75) is 37.0 Å². The Labute approximate surface area is 279 Å². The van der Waals surface area contributed by atoms with Crippen molar-refractivity contribution in [3.63, 3.8) is 0 Å². The molecular formula is C36H46BrN3O4S. The van der Waals surface area contributed by atoms with Crippen LogP contribution in [0.1, 0.15) is 48.0 Å². The first-order valence-corrected chi connectivity index (χ1v) is 16.9. The van der Waals surface area contributed by atoms with Gasteiger partial charge >= 0.3 is 0 Å². The van der Waals surface area contributed by atoms with E-state index in [1.165, 1.54) is 0 Å². The highest BCUT2D eigenvalue weighted by Gasteiger charge is 2.20. The summed E-state index contributed by atoms with van der Waals surface area (Å²) in [6.07, 6.45) is 5.07. The predicted octanol–water partition coefficient (Wildman–Crippen LogP) is 3.53. The number of fused-ring (bicyclic) bond motifs is 1. The van der Waals surface area contributed by atoms with E-state index in [9.17, 15) is 13.2 Å². The van der Waals surface area contributed by atoms with Crippen LogP contribution in [0, 0.1) is 0 Å². The Morgan fingerprint density at radius 3 is 2.07 bits per heavy atom. The largest absolute Gasteiger partial charge is 1.00 e. The summed E-state index contributed by atoms with van der Waals surface area (Å²) < 4.78 is 35.9. The molecule has 0 amide bonds. The van der Waals surface area contributed by atoms with Crippen LogP contribution < -0.4 is 31.3 Å². The van der Waals surface area contributed by atoms with Crippen LogP contribution >= 0.6 is 0 Å². The monoisotopic (exact) mass is 695 g/mol. The first-order chi connectivity index (χ1) is 21.1. The minimum atomic E-state index is -3.62. The molecular weight excluding hydrogens is 650 g/mol. The fraction of sp³-hybridized carbons (Fsp3) is 0.361. The Morgan fingerprint density at radius 2 is 1.36 bits per heavy atom. The van der Waals surface area contributed by atoms with Gasteiger partial charge in [-0.15, -0.1) is 0 Å². The lowest BCUT2D eigenvalue weighted by Gasteiger charge is -2.30. The molecule has 7 nitrogen and oxygen atoms in total. The molecule has 0 aliphatic carbocycles. The van der Waals surface area contributed by atoms with Gasteiger partial charge in [-0.3, -0.25) is 4.79 Å². The van der Waals surface area contributed by atoms with Gasteiger partial charge in [-0.2, -0.15) is 0 Å². The minimum absolute atomic E-state index is 0. The van der Waals surface area contributed by atoms with Crippen molar-refractivity contribution >= 4 is 32.3 Å². The zero-order valence-corrected chi connectivity index (χ0v) is 29.2. The lowest BCUT2D eigenvalue weighted by Crippen LogP contribution is -3.00. The number of hydrogen-bond acceptors (Lipinski definition) is 5. The van der Waals surface area contributed by atoms with Crippen molar-refractivity contribution in [3.8, 4) is 5.75 Å². The number of sulfonamides is 1. The van der Waals surface area contributed by atoms with Crippen molar-refractivity contribution < 1.29 is 39.4 Å². The highest BCUT2D eigenvalue weighted by atomic mass is 79.9. The number of hydrogen-bond donors (Lipinski definition) is 1. The first kappa shape index (κ1) is 36.2. The molecule has 1 N–H and O–H groups in total. The molecule has 4 aromatic carbocycles. The number of benzene rings is 4. The molecule has 0 saturated carbocycles. The molecule has 4 rings (SSSR count). The normalized spacial score (nSPS) is 11.6. The van der Waals surface area contributed by atoms with Crippen molar-refractivity contribution in [3.05, 3.63) is 102 Å². The van der Waals surface area contributed by atoms with Crippen molar-refractivity contribution in [2.75, 3.05) is 59.3 Å². The number of nitrogens with one attached hydrogen (secondary N) is 1. The first-order valence-electron chi connectivity index (χ1n) is 15.4. The third-order valence-corrected chi connectivity index (χ3v) is 9.46. The van der Waals surface area contributed by atoms with E-state index in [4.69, 9.17) is 4.74 Å². The molecule has 4 aromatic rings. The lowest BCUT2D eigenvalue weighted by atomic mass is 10.0. The fourth-order valence-electron chi connectivity index (χ4n) is 5.44. The third-order valence-electron chi connectivity index (χ3n) is 7.94. The van der Waals surface area contributed by atoms with Gasteiger partial charge in [0, 0.05) is 54.6 Å². The van der Waals surface area contributed by atoms with Gasteiger partial charge in [-0.1, -0.05) is 54.6 Å². The fourth-order valence-corrected chi connectivity index (χ4v) is 6.73. The average molecular weight is 697 g/mol. The number of anilines is 1. The summed E-state index contributed by atoms with van der Waals surface area (Å²) >= 11 is 0. The van der Waals surface area contributed by atoms with E-state index in [2.05, 4.69) is 18.8 Å². The molecule has 0 fully saturated rings. The Morgan fingerprint density at radius 1 is 0.733 bits per heavy atom. The summed E-state index contributed by atoms with van der Waals surface area (Å²) in [6.45, 7) is 3.00. The molecule has 0 aliphatic heterocycles. The highest BCUT2D eigenvalue weighted by Crippen LogP contribution is 2.30. The molecule has 242 valence electrons. The molecule has 0 unspecified atom stereocenters. The van der Waals surface area contributed by atoms with Crippen molar-refractivity contribution in [2.24, 2.45) is 0 Å². The van der Waals surface area contributed by atoms with Crippen LogP contribution in [0.2, 0.25) is 0 Å². The van der Waals surface area contributed by atoms with E-state index >= 15 is 0 Å². The smallest absolute Gasteiger partial charge is 0.241 e. The summed E-state index contributed by atoms with van der Waals surface area (Å²) in [4.78, 5) is 14.9. The second kappa shape index (κ2) is 16.9. The van der Waals surface area contributed by atoms with Crippen LogP contribution in [0.25, 0.3) is 10.8 Å². The Hall–Kier alpha value is -3.24. The topological polar surface area (TPSA) is 75.7 Å². The Bertz CT molecular complexity index is 1630. The van der Waals surface area contributed by atoms with Gasteiger partial charge in [0.1, 0.15) is 5.75 Å². The van der Waals surface area contributed by atoms with Gasteiger partial charge in [0.25, 0.3) is 0 Å². The van der Waals surface area contributed by atoms with E-state index in [1.54, 1.807) is 6.07 Å².